The van der Waals surface area contributed by atoms with E-state index in [9.17, 15) is 10.1 Å². The van der Waals surface area contributed by atoms with Crippen LogP contribution in [0.3, 0.4) is 0 Å². The number of nitrogens with zero attached hydrogens (tertiary/aromatic N) is 1. The lowest BCUT2D eigenvalue weighted by atomic mass is 10.1. The number of nitro groups is 1. The van der Waals surface area contributed by atoms with E-state index in [0.717, 1.165) is 11.1 Å². The largest absolute Gasteiger partial charge is 0.490 e. The van der Waals surface area contributed by atoms with E-state index in [4.69, 9.17) is 4.74 Å². The first-order valence-electron chi connectivity index (χ1n) is 5.50. The molecule has 0 heterocycles. The molecule has 0 aliphatic carbocycles. The highest BCUT2D eigenvalue weighted by molar-refractivity contribution is 5.62. The molecule has 0 atom stereocenters. The minimum Gasteiger partial charge on any atom is -0.490 e. The van der Waals surface area contributed by atoms with Crippen molar-refractivity contribution in [2.24, 2.45) is 0 Å². The van der Waals surface area contributed by atoms with Gasteiger partial charge in [-0.2, -0.15) is 0 Å². The van der Waals surface area contributed by atoms with Gasteiger partial charge in [0.15, 0.2) is 0 Å². The molecule has 0 aromatic heterocycles. The Morgan fingerprint density at radius 3 is 2.53 bits per heavy atom. The second-order valence-electron chi connectivity index (χ2n) is 4.37. The molecule has 1 aromatic rings. The summed E-state index contributed by atoms with van der Waals surface area (Å²) < 4.78 is 5.61. The highest BCUT2D eigenvalue weighted by Gasteiger charge is 2.11. The molecule has 0 saturated carbocycles. The van der Waals surface area contributed by atoms with E-state index >= 15 is 0 Å². The number of nitro benzene ring substituents is 1. The maximum atomic E-state index is 10.7. The third-order valence-corrected chi connectivity index (χ3v) is 2.01. The number of ether oxygens (including phenoxy) is 1. The van der Waals surface area contributed by atoms with Gasteiger partial charge in [0, 0.05) is 17.7 Å². The van der Waals surface area contributed by atoms with E-state index in [-0.39, 0.29) is 11.8 Å². The van der Waals surface area contributed by atoms with Crippen molar-refractivity contribution in [2.45, 2.75) is 33.8 Å². The van der Waals surface area contributed by atoms with Gasteiger partial charge < -0.3 is 4.74 Å². The van der Waals surface area contributed by atoms with E-state index < -0.39 is 4.92 Å². The van der Waals surface area contributed by atoms with E-state index in [2.05, 4.69) is 0 Å². The van der Waals surface area contributed by atoms with E-state index in [0.29, 0.717) is 5.75 Å². The fraction of sp³-hybridized carbons (Fsp3) is 0.385. The summed E-state index contributed by atoms with van der Waals surface area (Å²) in [6.07, 6.45) is 1.92. The van der Waals surface area contributed by atoms with Crippen LogP contribution in [0.2, 0.25) is 0 Å². The first-order chi connectivity index (χ1) is 7.90. The van der Waals surface area contributed by atoms with Crippen LogP contribution in [0.25, 0.3) is 6.08 Å². The van der Waals surface area contributed by atoms with Crippen molar-refractivity contribution in [3.05, 3.63) is 39.4 Å². The minimum atomic E-state index is -0.401. The van der Waals surface area contributed by atoms with Crippen LogP contribution in [0.15, 0.2) is 23.8 Å². The van der Waals surface area contributed by atoms with Crippen molar-refractivity contribution in [2.75, 3.05) is 0 Å². The molecule has 4 heteroatoms. The second kappa shape index (κ2) is 5.48. The van der Waals surface area contributed by atoms with Gasteiger partial charge in [-0.1, -0.05) is 11.6 Å². The van der Waals surface area contributed by atoms with Crippen LogP contribution in [0, 0.1) is 10.1 Å². The molecule has 92 valence electrons. The zero-order valence-electron chi connectivity index (χ0n) is 10.6. The molecule has 1 rings (SSSR count). The van der Waals surface area contributed by atoms with Crippen LogP contribution < -0.4 is 4.74 Å². The van der Waals surface area contributed by atoms with E-state index in [1.54, 1.807) is 6.07 Å². The Morgan fingerprint density at radius 2 is 2.06 bits per heavy atom. The monoisotopic (exact) mass is 235 g/mol. The van der Waals surface area contributed by atoms with Crippen LogP contribution in [0.1, 0.15) is 33.3 Å². The molecule has 0 fully saturated rings. The highest BCUT2D eigenvalue weighted by atomic mass is 16.6. The van der Waals surface area contributed by atoms with Gasteiger partial charge >= 0.3 is 0 Å². The molecule has 0 saturated heterocycles. The summed E-state index contributed by atoms with van der Waals surface area (Å²) in [5.74, 6) is 0.673. The predicted octanol–water partition coefficient (Wildman–Crippen LogP) is 3.81. The van der Waals surface area contributed by atoms with E-state index in [1.807, 2.05) is 33.8 Å². The summed E-state index contributed by atoms with van der Waals surface area (Å²) >= 11 is 0. The van der Waals surface area contributed by atoms with Crippen molar-refractivity contribution < 1.29 is 9.66 Å². The molecule has 17 heavy (non-hydrogen) atoms. The van der Waals surface area contributed by atoms with Gasteiger partial charge in [0.1, 0.15) is 5.75 Å². The molecule has 0 aliphatic heterocycles. The molecule has 4 nitrogen and oxygen atoms in total. The third kappa shape index (κ3) is 3.90. The molecule has 1 aromatic carbocycles. The minimum absolute atomic E-state index is 0.0424. The van der Waals surface area contributed by atoms with Gasteiger partial charge in [0.05, 0.1) is 11.0 Å². The average Bonchev–Trinajstić information content (AvgIpc) is 2.18. The van der Waals surface area contributed by atoms with E-state index in [1.165, 1.54) is 12.1 Å². The average molecular weight is 235 g/mol. The Bertz CT molecular complexity index is 446. The molecule has 0 amide bonds. The Hall–Kier alpha value is -1.84. The summed E-state index contributed by atoms with van der Waals surface area (Å²) in [6, 6.07) is 4.64. The van der Waals surface area contributed by atoms with Gasteiger partial charge in [0.2, 0.25) is 0 Å². The van der Waals surface area contributed by atoms with Crippen molar-refractivity contribution in [1.82, 2.24) is 0 Å². The predicted molar refractivity (Wildman–Crippen MR) is 68.2 cm³/mol. The van der Waals surface area contributed by atoms with Gasteiger partial charge in [-0.05, 0) is 33.8 Å². The highest BCUT2D eigenvalue weighted by Crippen LogP contribution is 2.27. The molecule has 0 unspecified atom stereocenters. The topological polar surface area (TPSA) is 52.4 Å². The number of rotatable bonds is 4. The quantitative estimate of drug-likeness (QED) is 0.589. The standard InChI is InChI=1S/C13H17NO3/c1-9(2)7-11-8-12(14(15)16)5-6-13(11)17-10(3)4/h5-8,10H,1-4H3. The Kier molecular flexibility index (Phi) is 4.26. The fourth-order valence-corrected chi connectivity index (χ4v) is 1.43. The molecular formula is C13H17NO3. The maximum Gasteiger partial charge on any atom is 0.270 e. The Labute approximate surface area is 101 Å². The Morgan fingerprint density at radius 1 is 1.41 bits per heavy atom. The van der Waals surface area contributed by atoms with Crippen LogP contribution in [0.4, 0.5) is 5.69 Å². The normalized spacial score (nSPS) is 10.2. The van der Waals surface area contributed by atoms with Crippen LogP contribution >= 0.6 is 0 Å². The van der Waals surface area contributed by atoms with Gasteiger partial charge in [0.25, 0.3) is 5.69 Å². The summed E-state index contributed by atoms with van der Waals surface area (Å²) in [5.41, 5.74) is 1.89. The van der Waals surface area contributed by atoms with Crippen molar-refractivity contribution in [1.29, 1.82) is 0 Å². The molecular weight excluding hydrogens is 218 g/mol. The lowest BCUT2D eigenvalue weighted by Gasteiger charge is -2.12. The van der Waals surface area contributed by atoms with Crippen LogP contribution in [-0.2, 0) is 0 Å². The first kappa shape index (κ1) is 13.2. The van der Waals surface area contributed by atoms with Gasteiger partial charge in [-0.15, -0.1) is 0 Å². The fourth-order valence-electron chi connectivity index (χ4n) is 1.43. The van der Waals surface area contributed by atoms with Crippen molar-refractivity contribution >= 4 is 11.8 Å². The number of allylic oxidation sites excluding steroid dienone is 1. The Balaban J connectivity index is 3.21. The number of hydrogen-bond acceptors (Lipinski definition) is 3. The molecule has 0 aliphatic rings. The lowest BCUT2D eigenvalue weighted by molar-refractivity contribution is -0.384. The zero-order valence-corrected chi connectivity index (χ0v) is 10.6. The summed E-state index contributed by atoms with van der Waals surface area (Å²) in [6.45, 7) is 7.73. The second-order valence-corrected chi connectivity index (χ2v) is 4.37. The molecule has 0 spiro atoms. The zero-order chi connectivity index (χ0) is 13.0. The van der Waals surface area contributed by atoms with Crippen molar-refractivity contribution in [3.8, 4) is 5.75 Å². The lowest BCUT2D eigenvalue weighted by Crippen LogP contribution is -2.06. The summed E-state index contributed by atoms with van der Waals surface area (Å²) in [5, 5.41) is 10.7. The SMILES string of the molecule is CC(C)=Cc1cc([N+](=O)[O-])ccc1OC(C)C. The van der Waals surface area contributed by atoms with Crippen LogP contribution in [0.5, 0.6) is 5.75 Å². The maximum absolute atomic E-state index is 10.7. The molecule has 0 N–H and O–H groups in total. The van der Waals surface area contributed by atoms with Gasteiger partial charge in [-0.3, -0.25) is 10.1 Å². The van der Waals surface area contributed by atoms with Crippen LogP contribution in [-0.4, -0.2) is 11.0 Å². The van der Waals surface area contributed by atoms with Gasteiger partial charge in [-0.25, -0.2) is 0 Å². The summed E-state index contributed by atoms with van der Waals surface area (Å²) in [7, 11) is 0. The number of hydrogen-bond donors (Lipinski definition) is 0. The molecule has 0 radical (unpaired) electrons. The summed E-state index contributed by atoms with van der Waals surface area (Å²) in [4.78, 5) is 10.3. The molecule has 0 bridgehead atoms. The number of benzene rings is 1. The number of non-ortho nitro benzene ring substituents is 1. The third-order valence-electron chi connectivity index (χ3n) is 2.01. The first-order valence-corrected chi connectivity index (χ1v) is 5.50. The van der Waals surface area contributed by atoms with Crippen molar-refractivity contribution in [3.63, 3.8) is 0 Å². The smallest absolute Gasteiger partial charge is 0.270 e.